The van der Waals surface area contributed by atoms with E-state index in [4.69, 9.17) is 0 Å². The van der Waals surface area contributed by atoms with Gasteiger partial charge in [-0.15, -0.1) is 0 Å². The number of rotatable bonds is 10. The molecule has 0 spiro atoms. The third-order valence-corrected chi connectivity index (χ3v) is 17.9. The van der Waals surface area contributed by atoms with Crippen molar-refractivity contribution in [1.29, 1.82) is 0 Å². The quantitative estimate of drug-likeness (QED) is 0.126. The predicted octanol–water partition coefficient (Wildman–Crippen LogP) is 16.7. The minimum absolute atomic E-state index is 0.136. The van der Waals surface area contributed by atoms with Gasteiger partial charge in [0.2, 0.25) is 0 Å². The number of fused-ring (bicyclic) bond motifs is 8. The fraction of sp³-hybridized carbons (Fsp3) is 0.0256. The van der Waals surface area contributed by atoms with Crippen LogP contribution in [0.5, 0.6) is 0 Å². The summed E-state index contributed by atoms with van der Waals surface area (Å²) in [5.74, 6) is 0. The lowest BCUT2D eigenvalue weighted by Gasteiger charge is -2.48. The summed E-state index contributed by atoms with van der Waals surface area (Å²) in [6, 6.07) is 110. The van der Waals surface area contributed by atoms with E-state index in [1.54, 1.807) is 0 Å². The molecule has 0 aromatic heterocycles. The lowest BCUT2D eigenvalue weighted by Crippen LogP contribution is -2.65. The number of para-hydroxylation sites is 9. The van der Waals surface area contributed by atoms with Crippen molar-refractivity contribution in [2.45, 2.75) is 12.8 Å². The number of nitrogens with zero attached hydrogens (tertiary/aromatic N) is 6. The standard InChI is InChI=1S/C78H56B2N6/c1-9-29-55(30-10-1)81(56-31-11-2-12-32-56)63-49-73-77-75(51-63)85(61-41-21-7-22-42-61)71-54-72-68(53-67(71)79(77)65-45-25-27-47-69(65)83(73)59-37-17-5-18-38-59)80-66-46-26-28-48-70(66)84(60-39-19-6-20-40-60)74-50-64(52-76(78(74)80)86(72)62-43-23-8-24-44-62)82(57-33-13-3-14-34-57)58-35-15-4-16-36-58/h1-3,5-15,17-54H,4,16H2. The van der Waals surface area contributed by atoms with Gasteiger partial charge in [0.05, 0.1) is 11.4 Å². The smallest absolute Gasteiger partial charge is 0.252 e. The van der Waals surface area contributed by atoms with E-state index in [9.17, 15) is 0 Å². The van der Waals surface area contributed by atoms with Gasteiger partial charge in [0.15, 0.2) is 0 Å². The molecule has 12 aromatic rings. The molecule has 0 fully saturated rings. The third-order valence-electron chi connectivity index (χ3n) is 17.9. The van der Waals surface area contributed by atoms with Gasteiger partial charge >= 0.3 is 0 Å². The van der Waals surface area contributed by atoms with Crippen molar-refractivity contribution < 1.29 is 0 Å². The number of hydrogen-bond acceptors (Lipinski definition) is 6. The van der Waals surface area contributed by atoms with Crippen molar-refractivity contribution in [2.75, 3.05) is 29.4 Å². The molecule has 6 nitrogen and oxygen atoms in total. The highest BCUT2D eigenvalue weighted by Crippen LogP contribution is 2.52. The highest BCUT2D eigenvalue weighted by molar-refractivity contribution is 7.03. The Balaban J connectivity index is 0.992. The van der Waals surface area contributed by atoms with Crippen molar-refractivity contribution in [2.24, 2.45) is 0 Å². The molecule has 17 rings (SSSR count). The Morgan fingerprint density at radius 1 is 0.256 bits per heavy atom. The molecule has 8 heteroatoms. The second-order valence-corrected chi connectivity index (χ2v) is 22.7. The Labute approximate surface area is 503 Å². The van der Waals surface area contributed by atoms with Crippen LogP contribution in [0.15, 0.2) is 321 Å². The molecule has 0 atom stereocenters. The van der Waals surface area contributed by atoms with Crippen molar-refractivity contribution in [3.05, 3.63) is 321 Å². The molecule has 0 saturated heterocycles. The summed E-state index contributed by atoms with van der Waals surface area (Å²) in [5.41, 5.74) is 27.8. The zero-order valence-corrected chi connectivity index (χ0v) is 47.3. The first kappa shape index (κ1) is 49.6. The summed E-state index contributed by atoms with van der Waals surface area (Å²) in [4.78, 5) is 15.1. The van der Waals surface area contributed by atoms with E-state index in [0.717, 1.165) is 104 Å². The van der Waals surface area contributed by atoms with E-state index in [2.05, 4.69) is 345 Å². The molecule has 5 aliphatic rings. The molecular formula is C78H56B2N6. The fourth-order valence-corrected chi connectivity index (χ4v) is 14.4. The highest BCUT2D eigenvalue weighted by atomic mass is 15.2. The lowest BCUT2D eigenvalue weighted by atomic mass is 9.30. The van der Waals surface area contributed by atoms with Crippen LogP contribution in [-0.4, -0.2) is 13.4 Å². The van der Waals surface area contributed by atoms with Gasteiger partial charge in [-0.1, -0.05) is 182 Å². The maximum absolute atomic E-state index is 2.63. The lowest BCUT2D eigenvalue weighted by molar-refractivity contribution is 0.997. The van der Waals surface area contributed by atoms with Crippen molar-refractivity contribution in [3.63, 3.8) is 0 Å². The summed E-state index contributed by atoms with van der Waals surface area (Å²) in [6.07, 6.45) is 9.02. The predicted molar refractivity (Wildman–Crippen MR) is 364 cm³/mol. The topological polar surface area (TPSA) is 19.4 Å². The highest BCUT2D eigenvalue weighted by Gasteiger charge is 2.49. The molecule has 4 aliphatic heterocycles. The van der Waals surface area contributed by atoms with E-state index in [1.807, 2.05) is 0 Å². The Hall–Kier alpha value is -11.0. The molecule has 0 bridgehead atoms. The Morgan fingerprint density at radius 3 is 0.953 bits per heavy atom. The Kier molecular flexibility index (Phi) is 11.8. The molecular weight excluding hydrogens is 1040 g/mol. The van der Waals surface area contributed by atoms with E-state index in [-0.39, 0.29) is 13.4 Å². The summed E-state index contributed by atoms with van der Waals surface area (Å²) < 4.78 is 0. The van der Waals surface area contributed by atoms with Crippen LogP contribution in [0.4, 0.5) is 96.7 Å². The molecule has 0 saturated carbocycles. The number of allylic oxidation sites excluding steroid dienone is 3. The number of benzene rings is 12. The van der Waals surface area contributed by atoms with Crippen molar-refractivity contribution >= 4 is 143 Å². The van der Waals surface area contributed by atoms with E-state index < -0.39 is 0 Å². The van der Waals surface area contributed by atoms with E-state index in [0.29, 0.717) is 0 Å². The first-order valence-corrected chi connectivity index (χ1v) is 30.0. The van der Waals surface area contributed by atoms with E-state index in [1.165, 1.54) is 44.2 Å². The minimum atomic E-state index is -0.142. The van der Waals surface area contributed by atoms with Gasteiger partial charge in [0, 0.05) is 91.0 Å². The Bertz CT molecular complexity index is 4580. The molecule has 86 heavy (non-hydrogen) atoms. The van der Waals surface area contributed by atoms with Gasteiger partial charge in [-0.2, -0.15) is 0 Å². The largest absolute Gasteiger partial charge is 0.311 e. The molecule has 4 heterocycles. The average molecular weight is 1100 g/mol. The van der Waals surface area contributed by atoms with Crippen LogP contribution in [0.3, 0.4) is 0 Å². The number of hydrogen-bond donors (Lipinski definition) is 0. The van der Waals surface area contributed by atoms with Gasteiger partial charge in [0.25, 0.3) is 13.4 Å². The van der Waals surface area contributed by atoms with Crippen LogP contribution >= 0.6 is 0 Å². The van der Waals surface area contributed by atoms with Crippen LogP contribution in [0.2, 0.25) is 0 Å². The minimum Gasteiger partial charge on any atom is -0.311 e. The SMILES string of the molecule is C1=CC(N(c2ccccc2)c2cc3c4c(c2)N(c2ccccc2)c2cc5c(cc2B4c2ccccc2N3c2ccccc2)B2c3ccccc3N(c3ccccc3)c3cc(N(c4ccccc4)c4ccccc4)cc(c32)N5c2ccccc2)=CCC1. The van der Waals surface area contributed by atoms with Gasteiger partial charge in [-0.05, 0) is 179 Å². The van der Waals surface area contributed by atoms with Gasteiger partial charge < -0.3 is 29.4 Å². The summed E-state index contributed by atoms with van der Waals surface area (Å²) in [6.45, 7) is -0.278. The zero-order valence-electron chi connectivity index (χ0n) is 47.3. The second kappa shape index (κ2) is 20.4. The second-order valence-electron chi connectivity index (χ2n) is 22.7. The molecule has 0 amide bonds. The maximum atomic E-state index is 2.63. The van der Waals surface area contributed by atoms with Gasteiger partial charge in [-0.25, -0.2) is 0 Å². The monoisotopic (exact) mass is 1100 g/mol. The van der Waals surface area contributed by atoms with Crippen LogP contribution in [0.1, 0.15) is 12.8 Å². The summed E-state index contributed by atoms with van der Waals surface area (Å²) in [5, 5.41) is 0. The van der Waals surface area contributed by atoms with Crippen LogP contribution in [0.25, 0.3) is 0 Å². The molecule has 404 valence electrons. The normalized spacial score (nSPS) is 13.8. The molecule has 0 unspecified atom stereocenters. The Morgan fingerprint density at radius 2 is 0.581 bits per heavy atom. The van der Waals surface area contributed by atoms with Gasteiger partial charge in [-0.3, -0.25) is 0 Å². The van der Waals surface area contributed by atoms with Gasteiger partial charge in [0.1, 0.15) is 0 Å². The average Bonchev–Trinajstić information content (AvgIpc) is 0.717. The summed E-state index contributed by atoms with van der Waals surface area (Å²) in [7, 11) is 0. The van der Waals surface area contributed by atoms with Crippen LogP contribution < -0.4 is 62.2 Å². The molecule has 0 N–H and O–H groups in total. The van der Waals surface area contributed by atoms with Crippen LogP contribution in [0, 0.1) is 0 Å². The van der Waals surface area contributed by atoms with Crippen molar-refractivity contribution in [3.8, 4) is 0 Å². The zero-order chi connectivity index (χ0) is 56.7. The number of anilines is 17. The first-order chi connectivity index (χ1) is 42.7. The first-order valence-electron chi connectivity index (χ1n) is 30.0. The summed E-state index contributed by atoms with van der Waals surface area (Å²) >= 11 is 0. The molecule has 12 aromatic carbocycles. The van der Waals surface area contributed by atoms with Crippen molar-refractivity contribution in [1.82, 2.24) is 0 Å². The van der Waals surface area contributed by atoms with E-state index >= 15 is 0 Å². The fourth-order valence-electron chi connectivity index (χ4n) is 14.4. The van der Waals surface area contributed by atoms with Crippen LogP contribution in [-0.2, 0) is 0 Å². The maximum Gasteiger partial charge on any atom is 0.252 e. The molecule has 0 radical (unpaired) electrons. The third kappa shape index (κ3) is 7.90. The molecule has 1 aliphatic carbocycles.